The van der Waals surface area contributed by atoms with Gasteiger partial charge in [0.2, 0.25) is 0 Å². The molecule has 0 atom stereocenters. The molecule has 0 radical (unpaired) electrons. The van der Waals surface area contributed by atoms with E-state index in [1.807, 2.05) is 18.2 Å². The molecule has 3 aromatic rings. The van der Waals surface area contributed by atoms with Gasteiger partial charge >= 0.3 is 0 Å². The molecule has 0 aliphatic rings. The molecule has 1 amide bonds. The third-order valence-electron chi connectivity index (χ3n) is 2.85. The van der Waals surface area contributed by atoms with Crippen molar-refractivity contribution in [3.05, 3.63) is 54.6 Å². The third-order valence-corrected chi connectivity index (χ3v) is 3.79. The van der Waals surface area contributed by atoms with E-state index in [4.69, 9.17) is 4.74 Å². The van der Waals surface area contributed by atoms with Crippen molar-refractivity contribution in [2.45, 2.75) is 0 Å². The molecule has 3 rings (SSSR count). The lowest BCUT2D eigenvalue weighted by atomic mass is 10.2. The number of ether oxygens (including phenoxy) is 1. The number of aromatic nitrogens is 3. The van der Waals surface area contributed by atoms with Gasteiger partial charge in [-0.2, -0.15) is 0 Å². The standard InChI is InChI=1S/C15H12N4O2S/c1-21-11-6-10(7-16-8-11)14(20)19-15-18-9-13(22-15)12-4-2-3-5-17-12/h2-9H,1H3,(H,18,19,20). The maximum Gasteiger partial charge on any atom is 0.259 e. The first-order valence-corrected chi connectivity index (χ1v) is 7.25. The van der Waals surface area contributed by atoms with E-state index in [2.05, 4.69) is 20.3 Å². The van der Waals surface area contributed by atoms with Crippen molar-refractivity contribution >= 4 is 22.4 Å². The van der Waals surface area contributed by atoms with E-state index in [0.717, 1.165) is 10.6 Å². The molecule has 0 aliphatic carbocycles. The summed E-state index contributed by atoms with van der Waals surface area (Å²) in [6, 6.07) is 7.27. The van der Waals surface area contributed by atoms with Crippen molar-refractivity contribution in [2.75, 3.05) is 12.4 Å². The zero-order chi connectivity index (χ0) is 15.4. The van der Waals surface area contributed by atoms with Crippen molar-refractivity contribution in [1.29, 1.82) is 0 Å². The summed E-state index contributed by atoms with van der Waals surface area (Å²) in [7, 11) is 1.53. The fraction of sp³-hybridized carbons (Fsp3) is 0.0667. The zero-order valence-electron chi connectivity index (χ0n) is 11.7. The Hall–Kier alpha value is -2.80. The Labute approximate surface area is 130 Å². The number of nitrogens with one attached hydrogen (secondary N) is 1. The van der Waals surface area contributed by atoms with Gasteiger partial charge in [-0.05, 0) is 18.2 Å². The lowest BCUT2D eigenvalue weighted by molar-refractivity contribution is 0.102. The molecular weight excluding hydrogens is 300 g/mol. The Kier molecular flexibility index (Phi) is 4.06. The highest BCUT2D eigenvalue weighted by molar-refractivity contribution is 7.19. The minimum absolute atomic E-state index is 0.284. The Morgan fingerprint density at radius 3 is 2.91 bits per heavy atom. The SMILES string of the molecule is COc1cncc(C(=O)Nc2ncc(-c3ccccn3)s2)c1. The van der Waals surface area contributed by atoms with Gasteiger partial charge in [-0.1, -0.05) is 17.4 Å². The summed E-state index contributed by atoms with van der Waals surface area (Å²) < 4.78 is 5.05. The molecule has 0 fully saturated rings. The number of thiazole rings is 1. The maximum atomic E-state index is 12.2. The Bertz CT molecular complexity index is 789. The Morgan fingerprint density at radius 1 is 1.23 bits per heavy atom. The second kappa shape index (κ2) is 6.31. The Balaban J connectivity index is 1.76. The number of carbonyl (C=O) groups is 1. The van der Waals surface area contributed by atoms with Crippen LogP contribution in [0.3, 0.4) is 0 Å². The van der Waals surface area contributed by atoms with Gasteiger partial charge in [0.25, 0.3) is 5.91 Å². The fourth-order valence-corrected chi connectivity index (χ4v) is 2.57. The summed E-state index contributed by atoms with van der Waals surface area (Å²) in [6.45, 7) is 0. The average Bonchev–Trinajstić information content (AvgIpc) is 3.04. The molecule has 0 aromatic carbocycles. The first kappa shape index (κ1) is 14.2. The Morgan fingerprint density at radius 2 is 2.14 bits per heavy atom. The number of carbonyl (C=O) groups excluding carboxylic acids is 1. The highest BCUT2D eigenvalue weighted by atomic mass is 32.1. The summed E-state index contributed by atoms with van der Waals surface area (Å²) >= 11 is 1.36. The first-order chi connectivity index (χ1) is 10.8. The van der Waals surface area contributed by atoms with Crippen molar-refractivity contribution < 1.29 is 9.53 Å². The van der Waals surface area contributed by atoms with Gasteiger partial charge in [-0.25, -0.2) is 4.98 Å². The summed E-state index contributed by atoms with van der Waals surface area (Å²) in [5.74, 6) is 0.245. The normalized spacial score (nSPS) is 10.2. The molecule has 0 bridgehead atoms. The molecule has 3 aromatic heterocycles. The smallest absolute Gasteiger partial charge is 0.259 e. The van der Waals surface area contributed by atoms with E-state index in [9.17, 15) is 4.79 Å². The van der Waals surface area contributed by atoms with Crippen LogP contribution in [0.1, 0.15) is 10.4 Å². The number of methoxy groups -OCH3 is 1. The quantitative estimate of drug-likeness (QED) is 0.801. The minimum Gasteiger partial charge on any atom is -0.495 e. The van der Waals surface area contributed by atoms with Gasteiger partial charge < -0.3 is 4.74 Å². The van der Waals surface area contributed by atoms with Gasteiger partial charge in [-0.15, -0.1) is 0 Å². The molecule has 0 aliphatic heterocycles. The summed E-state index contributed by atoms with van der Waals surface area (Å²) in [6.07, 6.45) is 6.42. The van der Waals surface area contributed by atoms with E-state index in [1.54, 1.807) is 24.7 Å². The molecule has 0 saturated carbocycles. The summed E-state index contributed by atoms with van der Waals surface area (Å²) in [4.78, 5) is 25.5. The highest BCUT2D eigenvalue weighted by Gasteiger charge is 2.11. The lowest BCUT2D eigenvalue weighted by Crippen LogP contribution is -2.12. The maximum absolute atomic E-state index is 12.2. The van der Waals surface area contributed by atoms with E-state index in [-0.39, 0.29) is 5.91 Å². The number of rotatable bonds is 4. The molecule has 0 spiro atoms. The minimum atomic E-state index is -0.284. The van der Waals surface area contributed by atoms with Crippen LogP contribution >= 0.6 is 11.3 Å². The number of pyridine rings is 2. The summed E-state index contributed by atoms with van der Waals surface area (Å²) in [5.41, 5.74) is 1.23. The van der Waals surface area contributed by atoms with Crippen molar-refractivity contribution in [3.63, 3.8) is 0 Å². The summed E-state index contributed by atoms with van der Waals surface area (Å²) in [5, 5.41) is 3.25. The van der Waals surface area contributed by atoms with Crippen LogP contribution < -0.4 is 10.1 Å². The van der Waals surface area contributed by atoms with Crippen LogP contribution in [0, 0.1) is 0 Å². The molecule has 0 unspecified atom stereocenters. The van der Waals surface area contributed by atoms with E-state index >= 15 is 0 Å². The fourth-order valence-electron chi connectivity index (χ4n) is 1.78. The van der Waals surface area contributed by atoms with E-state index < -0.39 is 0 Å². The van der Waals surface area contributed by atoms with Gasteiger partial charge in [0.15, 0.2) is 5.13 Å². The van der Waals surface area contributed by atoms with Crippen molar-refractivity contribution in [2.24, 2.45) is 0 Å². The van der Waals surface area contributed by atoms with Gasteiger partial charge in [0, 0.05) is 18.6 Å². The first-order valence-electron chi connectivity index (χ1n) is 6.44. The zero-order valence-corrected chi connectivity index (χ0v) is 12.5. The van der Waals surface area contributed by atoms with Crippen molar-refractivity contribution in [1.82, 2.24) is 15.0 Å². The molecule has 0 saturated heterocycles. The molecule has 3 heterocycles. The number of hydrogen-bond acceptors (Lipinski definition) is 6. The van der Waals surface area contributed by atoms with Crippen LogP contribution in [0.2, 0.25) is 0 Å². The second-order valence-electron chi connectivity index (χ2n) is 4.31. The van der Waals surface area contributed by atoms with E-state index in [1.165, 1.54) is 24.6 Å². The predicted octanol–water partition coefficient (Wildman–Crippen LogP) is 2.86. The van der Waals surface area contributed by atoms with Crippen LogP contribution in [0.25, 0.3) is 10.6 Å². The van der Waals surface area contributed by atoms with Crippen molar-refractivity contribution in [3.8, 4) is 16.3 Å². The molecule has 22 heavy (non-hydrogen) atoms. The predicted molar refractivity (Wildman–Crippen MR) is 84.1 cm³/mol. The monoisotopic (exact) mass is 312 g/mol. The number of nitrogens with zero attached hydrogens (tertiary/aromatic N) is 3. The third kappa shape index (κ3) is 3.09. The number of amides is 1. The number of hydrogen-bond donors (Lipinski definition) is 1. The van der Waals surface area contributed by atoms with Crippen LogP contribution in [-0.4, -0.2) is 28.0 Å². The number of anilines is 1. The topological polar surface area (TPSA) is 77.0 Å². The van der Waals surface area contributed by atoms with Crippen LogP contribution in [0.5, 0.6) is 5.75 Å². The second-order valence-corrected chi connectivity index (χ2v) is 5.34. The van der Waals surface area contributed by atoms with Gasteiger partial charge in [-0.3, -0.25) is 20.1 Å². The van der Waals surface area contributed by atoms with Crippen LogP contribution in [0.4, 0.5) is 5.13 Å². The largest absolute Gasteiger partial charge is 0.495 e. The molecule has 6 nitrogen and oxygen atoms in total. The average molecular weight is 312 g/mol. The molecular formula is C15H12N4O2S. The van der Waals surface area contributed by atoms with Crippen LogP contribution in [0.15, 0.2) is 49.1 Å². The van der Waals surface area contributed by atoms with Gasteiger partial charge in [0.05, 0.1) is 29.4 Å². The van der Waals surface area contributed by atoms with E-state index in [0.29, 0.717) is 16.4 Å². The lowest BCUT2D eigenvalue weighted by Gasteiger charge is -2.03. The van der Waals surface area contributed by atoms with Crippen LogP contribution in [-0.2, 0) is 0 Å². The highest BCUT2D eigenvalue weighted by Crippen LogP contribution is 2.27. The molecule has 110 valence electrons. The molecule has 1 N–H and O–H groups in total. The molecule has 7 heteroatoms. The van der Waals surface area contributed by atoms with Gasteiger partial charge in [0.1, 0.15) is 5.75 Å².